The molecule has 13 heavy (non-hydrogen) atoms. The number of nitrogens with zero attached hydrogens (tertiary/aromatic N) is 1. The number of nitrogens with one attached hydrogen (secondary N) is 1. The van der Waals surface area contributed by atoms with Crippen LogP contribution in [0.3, 0.4) is 0 Å². The SMILES string of the molecule is CC.CC.Cn1ccc(=O)[nH]c1=O. The quantitative estimate of drug-likeness (QED) is 0.660. The first kappa shape index (κ1) is 14.2. The van der Waals surface area contributed by atoms with E-state index < -0.39 is 0 Å². The fourth-order valence-corrected chi connectivity index (χ4v) is 0.482. The predicted octanol–water partition coefficient (Wildman–Crippen LogP) is 1.13. The van der Waals surface area contributed by atoms with E-state index >= 15 is 0 Å². The summed E-state index contributed by atoms with van der Waals surface area (Å²) in [7, 11) is 1.57. The summed E-state index contributed by atoms with van der Waals surface area (Å²) >= 11 is 0. The van der Waals surface area contributed by atoms with Gasteiger partial charge in [-0.1, -0.05) is 27.7 Å². The van der Waals surface area contributed by atoms with Gasteiger partial charge in [-0.15, -0.1) is 0 Å². The number of aromatic amines is 1. The summed E-state index contributed by atoms with van der Waals surface area (Å²) < 4.78 is 1.29. The smallest absolute Gasteiger partial charge is 0.304 e. The van der Waals surface area contributed by atoms with Crippen molar-refractivity contribution >= 4 is 0 Å². The van der Waals surface area contributed by atoms with Crippen LogP contribution >= 0.6 is 0 Å². The van der Waals surface area contributed by atoms with Gasteiger partial charge in [0.05, 0.1) is 0 Å². The number of hydrogen-bond acceptors (Lipinski definition) is 2. The minimum Gasteiger partial charge on any atom is -0.304 e. The largest absolute Gasteiger partial charge is 0.328 e. The summed E-state index contributed by atoms with van der Waals surface area (Å²) in [6, 6.07) is 1.29. The number of rotatable bonds is 0. The lowest BCUT2D eigenvalue weighted by molar-refractivity contribution is 0.799. The lowest BCUT2D eigenvalue weighted by Gasteiger charge is -1.89. The van der Waals surface area contributed by atoms with E-state index in [4.69, 9.17) is 0 Å². The van der Waals surface area contributed by atoms with Gasteiger partial charge < -0.3 is 4.57 Å². The fourth-order valence-electron chi connectivity index (χ4n) is 0.482. The van der Waals surface area contributed by atoms with Crippen LogP contribution < -0.4 is 11.2 Å². The van der Waals surface area contributed by atoms with E-state index in [9.17, 15) is 9.59 Å². The molecule has 4 heteroatoms. The van der Waals surface area contributed by atoms with Crippen molar-refractivity contribution in [2.45, 2.75) is 27.7 Å². The molecule has 0 saturated carbocycles. The Balaban J connectivity index is 0. The Bertz CT molecular complexity index is 312. The monoisotopic (exact) mass is 186 g/mol. The number of aromatic nitrogens is 2. The summed E-state index contributed by atoms with van der Waals surface area (Å²) in [6.45, 7) is 8.00. The third-order valence-corrected chi connectivity index (χ3v) is 1.000. The molecular formula is C9H18N2O2. The molecule has 0 amide bonds. The van der Waals surface area contributed by atoms with Crippen molar-refractivity contribution in [3.05, 3.63) is 33.1 Å². The highest BCUT2D eigenvalue weighted by atomic mass is 16.2. The van der Waals surface area contributed by atoms with E-state index in [1.54, 1.807) is 7.05 Å². The molecule has 0 aliphatic carbocycles. The van der Waals surface area contributed by atoms with Crippen LogP contribution in [0, 0.1) is 0 Å². The van der Waals surface area contributed by atoms with E-state index in [1.165, 1.54) is 16.8 Å². The zero-order chi connectivity index (χ0) is 10.9. The normalized spacial score (nSPS) is 7.46. The first-order valence-corrected chi connectivity index (χ1v) is 4.46. The third-order valence-electron chi connectivity index (χ3n) is 1.000. The minimum absolute atomic E-state index is 0.363. The molecule has 76 valence electrons. The number of hydrogen-bond donors (Lipinski definition) is 1. The molecule has 1 rings (SSSR count). The van der Waals surface area contributed by atoms with E-state index in [1.807, 2.05) is 27.7 Å². The molecule has 0 atom stereocenters. The zero-order valence-corrected chi connectivity index (χ0v) is 8.92. The molecular weight excluding hydrogens is 168 g/mol. The van der Waals surface area contributed by atoms with Crippen LogP contribution in [-0.2, 0) is 7.05 Å². The summed E-state index contributed by atoms with van der Waals surface area (Å²) in [4.78, 5) is 23.0. The Labute approximate surface area is 78.2 Å². The average molecular weight is 186 g/mol. The molecule has 1 N–H and O–H groups in total. The highest BCUT2D eigenvalue weighted by Crippen LogP contribution is 1.61. The minimum atomic E-state index is -0.387. The zero-order valence-electron chi connectivity index (χ0n) is 8.92. The van der Waals surface area contributed by atoms with Crippen molar-refractivity contribution in [3.63, 3.8) is 0 Å². The molecule has 1 aromatic heterocycles. The summed E-state index contributed by atoms with van der Waals surface area (Å²) in [5.74, 6) is 0. The lowest BCUT2D eigenvalue weighted by atomic mass is 10.6. The molecule has 0 unspecified atom stereocenters. The topological polar surface area (TPSA) is 54.9 Å². The van der Waals surface area contributed by atoms with Crippen molar-refractivity contribution in [1.29, 1.82) is 0 Å². The molecule has 4 nitrogen and oxygen atoms in total. The van der Waals surface area contributed by atoms with Crippen LogP contribution in [0.4, 0.5) is 0 Å². The molecule has 1 aromatic rings. The van der Waals surface area contributed by atoms with Gasteiger partial charge in [-0.25, -0.2) is 4.79 Å². The predicted molar refractivity (Wildman–Crippen MR) is 55.0 cm³/mol. The van der Waals surface area contributed by atoms with Gasteiger partial charge >= 0.3 is 5.69 Å². The first-order valence-electron chi connectivity index (χ1n) is 4.46. The second-order valence-corrected chi connectivity index (χ2v) is 1.72. The van der Waals surface area contributed by atoms with Gasteiger partial charge in [0, 0.05) is 19.3 Å². The third kappa shape index (κ3) is 5.90. The van der Waals surface area contributed by atoms with Gasteiger partial charge in [0.15, 0.2) is 0 Å². The Hall–Kier alpha value is -1.32. The van der Waals surface area contributed by atoms with E-state index in [0.717, 1.165) is 0 Å². The molecule has 0 fully saturated rings. The van der Waals surface area contributed by atoms with Crippen LogP contribution in [0.25, 0.3) is 0 Å². The van der Waals surface area contributed by atoms with Crippen LogP contribution in [0.5, 0.6) is 0 Å². The van der Waals surface area contributed by atoms with Gasteiger partial charge in [-0.3, -0.25) is 9.78 Å². The van der Waals surface area contributed by atoms with Crippen molar-refractivity contribution < 1.29 is 0 Å². The maximum Gasteiger partial charge on any atom is 0.328 e. The highest BCUT2D eigenvalue weighted by Gasteiger charge is 1.85. The number of H-pyrrole nitrogens is 1. The van der Waals surface area contributed by atoms with E-state index in [-0.39, 0.29) is 11.2 Å². The fraction of sp³-hybridized carbons (Fsp3) is 0.556. The average Bonchev–Trinajstić information content (AvgIpc) is 2.18. The maximum absolute atomic E-state index is 10.5. The van der Waals surface area contributed by atoms with Gasteiger partial charge in [-0.05, 0) is 0 Å². The summed E-state index contributed by atoms with van der Waals surface area (Å²) in [6.07, 6.45) is 1.42. The first-order chi connectivity index (χ1) is 6.20. The molecule has 0 bridgehead atoms. The standard InChI is InChI=1S/C5H6N2O2.2C2H6/c1-7-3-2-4(8)6-5(7)9;2*1-2/h2-3H,1H3,(H,6,8,9);2*1-2H3. The molecule has 0 spiro atoms. The molecule has 0 aromatic carbocycles. The van der Waals surface area contributed by atoms with Crippen LogP contribution in [0.15, 0.2) is 21.9 Å². The van der Waals surface area contributed by atoms with Gasteiger partial charge in [0.25, 0.3) is 5.56 Å². The van der Waals surface area contributed by atoms with Crippen molar-refractivity contribution in [2.24, 2.45) is 7.05 Å². The molecule has 0 saturated heterocycles. The Morgan fingerprint density at radius 2 is 1.62 bits per heavy atom. The summed E-state index contributed by atoms with van der Waals surface area (Å²) in [5.41, 5.74) is -0.749. The Morgan fingerprint density at radius 1 is 1.15 bits per heavy atom. The molecule has 0 radical (unpaired) electrons. The Kier molecular flexibility index (Phi) is 9.60. The van der Waals surface area contributed by atoms with Crippen molar-refractivity contribution in [3.8, 4) is 0 Å². The lowest BCUT2D eigenvalue weighted by Crippen LogP contribution is -2.26. The maximum atomic E-state index is 10.5. The second-order valence-electron chi connectivity index (χ2n) is 1.72. The summed E-state index contributed by atoms with van der Waals surface area (Å²) in [5, 5.41) is 0. The van der Waals surface area contributed by atoms with Crippen molar-refractivity contribution in [1.82, 2.24) is 9.55 Å². The second kappa shape index (κ2) is 8.77. The van der Waals surface area contributed by atoms with Crippen LogP contribution in [0.1, 0.15) is 27.7 Å². The van der Waals surface area contributed by atoms with E-state index in [2.05, 4.69) is 4.98 Å². The van der Waals surface area contributed by atoms with Gasteiger partial charge in [0.2, 0.25) is 0 Å². The molecule has 0 aliphatic heterocycles. The Morgan fingerprint density at radius 3 is 1.92 bits per heavy atom. The molecule has 1 heterocycles. The van der Waals surface area contributed by atoms with Crippen LogP contribution in [-0.4, -0.2) is 9.55 Å². The molecule has 0 aliphatic rings. The van der Waals surface area contributed by atoms with E-state index in [0.29, 0.717) is 0 Å². The highest BCUT2D eigenvalue weighted by molar-refractivity contribution is 4.80. The number of aryl methyl sites for hydroxylation is 1. The van der Waals surface area contributed by atoms with Gasteiger partial charge in [-0.2, -0.15) is 0 Å². The van der Waals surface area contributed by atoms with Crippen molar-refractivity contribution in [2.75, 3.05) is 0 Å². The van der Waals surface area contributed by atoms with Crippen LogP contribution in [0.2, 0.25) is 0 Å². The van der Waals surface area contributed by atoms with Gasteiger partial charge in [0.1, 0.15) is 0 Å².